The van der Waals surface area contributed by atoms with Crippen molar-refractivity contribution in [2.24, 2.45) is 0 Å². The summed E-state index contributed by atoms with van der Waals surface area (Å²) in [5, 5.41) is 12.0. The van der Waals surface area contributed by atoms with E-state index in [0.29, 0.717) is 36.8 Å². The Balaban J connectivity index is 1.66. The summed E-state index contributed by atoms with van der Waals surface area (Å²) < 4.78 is 16.2. The van der Waals surface area contributed by atoms with Crippen LogP contribution in [0.3, 0.4) is 0 Å². The zero-order chi connectivity index (χ0) is 20.6. The van der Waals surface area contributed by atoms with Crippen molar-refractivity contribution in [2.45, 2.75) is 25.9 Å². The Hall–Kier alpha value is -3.37. The largest absolute Gasteiger partial charge is 0.462 e. The lowest BCUT2D eigenvalue weighted by Gasteiger charge is -2.09. The quantitative estimate of drug-likeness (QED) is 0.439. The van der Waals surface area contributed by atoms with Crippen molar-refractivity contribution in [1.82, 2.24) is 5.32 Å². The summed E-state index contributed by atoms with van der Waals surface area (Å²) >= 11 is 0. The fourth-order valence-electron chi connectivity index (χ4n) is 2.97. The number of nitriles is 1. The van der Waals surface area contributed by atoms with Gasteiger partial charge in [0, 0.05) is 24.8 Å². The molecule has 0 radical (unpaired) electrons. The lowest BCUT2D eigenvalue weighted by Crippen LogP contribution is -2.32. The van der Waals surface area contributed by atoms with Gasteiger partial charge in [-0.3, -0.25) is 4.79 Å². The van der Waals surface area contributed by atoms with Crippen molar-refractivity contribution in [3.63, 3.8) is 0 Å². The molecule has 7 heteroatoms. The van der Waals surface area contributed by atoms with E-state index in [-0.39, 0.29) is 17.6 Å². The molecule has 7 nitrogen and oxygen atoms in total. The first-order valence-corrected chi connectivity index (χ1v) is 9.49. The molecule has 1 amide bonds. The van der Waals surface area contributed by atoms with E-state index in [1.807, 2.05) is 6.07 Å². The third-order valence-corrected chi connectivity index (χ3v) is 4.47. The second-order valence-corrected chi connectivity index (χ2v) is 6.51. The molecular weight excluding hydrogens is 372 g/mol. The highest BCUT2D eigenvalue weighted by Crippen LogP contribution is 2.24. The first-order valence-electron chi connectivity index (χ1n) is 9.49. The van der Waals surface area contributed by atoms with Crippen molar-refractivity contribution >= 4 is 18.0 Å². The van der Waals surface area contributed by atoms with Crippen LogP contribution in [0.1, 0.15) is 35.9 Å². The molecule has 1 saturated heterocycles. The predicted octanol–water partition coefficient (Wildman–Crippen LogP) is 3.33. The van der Waals surface area contributed by atoms with Crippen LogP contribution in [0.5, 0.6) is 0 Å². The first-order chi connectivity index (χ1) is 14.1. The van der Waals surface area contributed by atoms with Crippen LogP contribution in [0.2, 0.25) is 0 Å². The molecule has 0 unspecified atom stereocenters. The van der Waals surface area contributed by atoms with E-state index < -0.39 is 5.91 Å². The number of esters is 1. The Labute approximate surface area is 168 Å². The Kier molecular flexibility index (Phi) is 6.82. The van der Waals surface area contributed by atoms with E-state index in [1.54, 1.807) is 43.3 Å². The van der Waals surface area contributed by atoms with Crippen molar-refractivity contribution in [1.29, 1.82) is 5.26 Å². The molecule has 2 heterocycles. The molecule has 1 aliphatic heterocycles. The van der Waals surface area contributed by atoms with Gasteiger partial charge in [-0.05, 0) is 44.0 Å². The van der Waals surface area contributed by atoms with Crippen molar-refractivity contribution in [2.75, 3.05) is 19.8 Å². The molecule has 0 saturated carbocycles. The van der Waals surface area contributed by atoms with E-state index in [0.717, 1.165) is 18.4 Å². The Morgan fingerprint density at radius 3 is 2.72 bits per heavy atom. The molecule has 0 bridgehead atoms. The molecule has 0 aliphatic carbocycles. The number of ether oxygens (including phenoxy) is 2. The molecule has 150 valence electrons. The van der Waals surface area contributed by atoms with Gasteiger partial charge in [0.15, 0.2) is 0 Å². The second-order valence-electron chi connectivity index (χ2n) is 6.51. The molecule has 3 rings (SSSR count). The molecule has 0 spiro atoms. The average molecular weight is 394 g/mol. The summed E-state index contributed by atoms with van der Waals surface area (Å²) in [6.45, 7) is 3.16. The number of nitrogens with zero attached hydrogens (tertiary/aromatic N) is 1. The summed E-state index contributed by atoms with van der Waals surface area (Å²) in [4.78, 5) is 23.9. The average Bonchev–Trinajstić information content (AvgIpc) is 3.42. The first kappa shape index (κ1) is 20.4. The van der Waals surface area contributed by atoms with Gasteiger partial charge in [-0.1, -0.05) is 12.1 Å². The minimum Gasteiger partial charge on any atom is -0.462 e. The number of furan rings is 1. The van der Waals surface area contributed by atoms with Crippen LogP contribution >= 0.6 is 0 Å². The minimum atomic E-state index is -0.459. The summed E-state index contributed by atoms with van der Waals surface area (Å²) in [5.41, 5.74) is 1.18. The number of nitrogens with one attached hydrogen (secondary N) is 1. The van der Waals surface area contributed by atoms with E-state index in [2.05, 4.69) is 5.32 Å². The van der Waals surface area contributed by atoms with Gasteiger partial charge in [0.1, 0.15) is 23.2 Å². The highest BCUT2D eigenvalue weighted by Gasteiger charge is 2.18. The van der Waals surface area contributed by atoms with Crippen LogP contribution in [0.25, 0.3) is 17.4 Å². The SMILES string of the molecule is CCOC(=O)c1ccc(-c2ccc(/C=C(/C#N)C(=O)NC[C@H]3CCCO3)o2)cc1. The van der Waals surface area contributed by atoms with Crippen LogP contribution in [0, 0.1) is 11.3 Å². The maximum atomic E-state index is 12.2. The molecular formula is C22H22N2O5. The van der Waals surface area contributed by atoms with E-state index >= 15 is 0 Å². The van der Waals surface area contributed by atoms with Gasteiger partial charge in [-0.15, -0.1) is 0 Å². The molecule has 1 N–H and O–H groups in total. The topological polar surface area (TPSA) is 102 Å². The number of carbonyl (C=O) groups is 2. The van der Waals surface area contributed by atoms with Crippen LogP contribution < -0.4 is 5.32 Å². The van der Waals surface area contributed by atoms with Gasteiger partial charge >= 0.3 is 5.97 Å². The predicted molar refractivity (Wildman–Crippen MR) is 106 cm³/mol. The van der Waals surface area contributed by atoms with Gasteiger partial charge in [0.05, 0.1) is 18.3 Å². The molecule has 1 aromatic heterocycles. The standard InChI is InChI=1S/C22H22N2O5/c1-2-27-22(26)16-7-5-15(6-8-16)20-10-9-18(29-20)12-17(13-23)21(25)24-14-19-4-3-11-28-19/h5-10,12,19H,2-4,11,14H2,1H3,(H,24,25)/b17-12-/t19-/m1/s1. The van der Waals surface area contributed by atoms with Crippen molar-refractivity contribution in [3.8, 4) is 17.4 Å². The lowest BCUT2D eigenvalue weighted by atomic mass is 10.1. The van der Waals surface area contributed by atoms with Crippen LogP contribution in [0.15, 0.2) is 46.4 Å². The van der Waals surface area contributed by atoms with E-state index in [9.17, 15) is 14.9 Å². The Morgan fingerprint density at radius 1 is 1.28 bits per heavy atom. The zero-order valence-electron chi connectivity index (χ0n) is 16.1. The Morgan fingerprint density at radius 2 is 2.07 bits per heavy atom. The van der Waals surface area contributed by atoms with Gasteiger partial charge in [0.25, 0.3) is 5.91 Å². The number of hydrogen-bond donors (Lipinski definition) is 1. The monoisotopic (exact) mass is 394 g/mol. The number of carbonyl (C=O) groups excluding carboxylic acids is 2. The molecule has 2 aromatic rings. The molecule has 1 fully saturated rings. The van der Waals surface area contributed by atoms with Crippen molar-refractivity contribution < 1.29 is 23.5 Å². The summed E-state index contributed by atoms with van der Waals surface area (Å²) in [6, 6.07) is 12.1. The van der Waals surface area contributed by atoms with Gasteiger partial charge < -0.3 is 19.2 Å². The minimum absolute atomic E-state index is 0.00619. The van der Waals surface area contributed by atoms with E-state index in [1.165, 1.54) is 6.08 Å². The summed E-state index contributed by atoms with van der Waals surface area (Å²) in [7, 11) is 0. The number of hydrogen-bond acceptors (Lipinski definition) is 6. The normalized spacial score (nSPS) is 16.3. The van der Waals surface area contributed by atoms with E-state index in [4.69, 9.17) is 13.9 Å². The fraction of sp³-hybridized carbons (Fsp3) is 0.318. The number of benzene rings is 1. The van der Waals surface area contributed by atoms with Crippen LogP contribution in [-0.2, 0) is 14.3 Å². The highest BCUT2D eigenvalue weighted by molar-refractivity contribution is 6.01. The Bertz CT molecular complexity index is 931. The highest BCUT2D eigenvalue weighted by atomic mass is 16.5. The van der Waals surface area contributed by atoms with Gasteiger partial charge in [-0.25, -0.2) is 4.79 Å². The second kappa shape index (κ2) is 9.71. The maximum Gasteiger partial charge on any atom is 0.338 e. The fourth-order valence-corrected chi connectivity index (χ4v) is 2.97. The smallest absolute Gasteiger partial charge is 0.338 e. The molecule has 1 atom stereocenters. The summed E-state index contributed by atoms with van der Waals surface area (Å²) in [6.07, 6.45) is 3.30. The van der Waals surface area contributed by atoms with Gasteiger partial charge in [0.2, 0.25) is 0 Å². The van der Waals surface area contributed by atoms with Crippen LogP contribution in [-0.4, -0.2) is 37.7 Å². The maximum absolute atomic E-state index is 12.2. The third-order valence-electron chi connectivity index (χ3n) is 4.47. The summed E-state index contributed by atoms with van der Waals surface area (Å²) in [5.74, 6) is 0.108. The van der Waals surface area contributed by atoms with Crippen molar-refractivity contribution in [3.05, 3.63) is 53.3 Å². The number of amides is 1. The molecule has 29 heavy (non-hydrogen) atoms. The third kappa shape index (κ3) is 5.33. The van der Waals surface area contributed by atoms with Crippen LogP contribution in [0.4, 0.5) is 0 Å². The zero-order valence-corrected chi connectivity index (χ0v) is 16.1. The number of rotatable bonds is 7. The molecule has 1 aromatic carbocycles. The lowest BCUT2D eigenvalue weighted by molar-refractivity contribution is -0.117. The molecule has 1 aliphatic rings. The van der Waals surface area contributed by atoms with Gasteiger partial charge in [-0.2, -0.15) is 5.26 Å².